The van der Waals surface area contributed by atoms with E-state index in [1.54, 1.807) is 6.92 Å². The second-order valence-electron chi connectivity index (χ2n) is 3.73. The minimum atomic E-state index is -0.498. The quantitative estimate of drug-likeness (QED) is 0.852. The van der Waals surface area contributed by atoms with Gasteiger partial charge in [0.1, 0.15) is 5.78 Å². The van der Waals surface area contributed by atoms with Crippen LogP contribution in [0.25, 0.3) is 0 Å². The van der Waals surface area contributed by atoms with Crippen molar-refractivity contribution in [1.29, 1.82) is 0 Å². The summed E-state index contributed by atoms with van der Waals surface area (Å²) in [5.41, 5.74) is 0.899. The van der Waals surface area contributed by atoms with Crippen LogP contribution in [0.1, 0.15) is 31.9 Å². The second-order valence-corrected chi connectivity index (χ2v) is 3.73. The number of carbonyl (C=O) groups is 2. The average molecular weight is 235 g/mol. The first-order valence-electron chi connectivity index (χ1n) is 5.61. The average Bonchev–Trinajstić information content (AvgIpc) is 2.29. The third kappa shape index (κ3) is 4.68. The zero-order valence-corrected chi connectivity index (χ0v) is 10.1. The van der Waals surface area contributed by atoms with Crippen LogP contribution in [0.15, 0.2) is 30.3 Å². The van der Waals surface area contributed by atoms with E-state index < -0.39 is 6.09 Å². The highest BCUT2D eigenvalue weighted by Crippen LogP contribution is 2.16. The summed E-state index contributed by atoms with van der Waals surface area (Å²) in [4.78, 5) is 22.5. The topological polar surface area (TPSA) is 55.4 Å². The number of ether oxygens (including phenoxy) is 1. The lowest BCUT2D eigenvalue weighted by atomic mass is 10.0. The first-order chi connectivity index (χ1) is 8.13. The molecule has 0 spiro atoms. The number of Topliss-reactive ketones (excluding diaryl/α,β-unsaturated/α-hetero) is 1. The molecule has 1 rings (SSSR count). The fourth-order valence-electron chi connectivity index (χ4n) is 1.54. The molecule has 0 aliphatic carbocycles. The molecule has 92 valence electrons. The first kappa shape index (κ1) is 13.2. The number of hydrogen-bond acceptors (Lipinski definition) is 3. The molecule has 0 saturated heterocycles. The molecule has 0 radical (unpaired) electrons. The van der Waals surface area contributed by atoms with Crippen LogP contribution in [0.3, 0.4) is 0 Å². The Hall–Kier alpha value is -1.84. The highest BCUT2D eigenvalue weighted by molar-refractivity contribution is 5.77. The molecule has 0 aromatic heterocycles. The van der Waals surface area contributed by atoms with Crippen LogP contribution in [-0.2, 0) is 9.53 Å². The number of hydrogen-bond donors (Lipinski definition) is 1. The molecule has 0 aliphatic rings. The Morgan fingerprint density at radius 3 is 2.47 bits per heavy atom. The lowest BCUT2D eigenvalue weighted by molar-refractivity contribution is -0.117. The molecule has 1 aromatic rings. The lowest BCUT2D eigenvalue weighted by Crippen LogP contribution is -2.30. The van der Waals surface area contributed by atoms with Gasteiger partial charge >= 0.3 is 6.09 Å². The number of rotatable bonds is 5. The van der Waals surface area contributed by atoms with Crippen molar-refractivity contribution in [3.05, 3.63) is 35.9 Å². The van der Waals surface area contributed by atoms with E-state index in [1.165, 1.54) is 6.92 Å². The van der Waals surface area contributed by atoms with Crippen molar-refractivity contribution in [3.63, 3.8) is 0 Å². The van der Waals surface area contributed by atoms with Crippen LogP contribution in [0.5, 0.6) is 0 Å². The maximum atomic E-state index is 11.4. The Kier molecular flexibility index (Phi) is 5.20. The summed E-state index contributed by atoms with van der Waals surface area (Å²) in [5.74, 6) is 0.0238. The van der Waals surface area contributed by atoms with E-state index in [0.29, 0.717) is 6.61 Å². The van der Waals surface area contributed by atoms with E-state index in [0.717, 1.165) is 5.56 Å². The summed E-state index contributed by atoms with van der Waals surface area (Å²) < 4.78 is 4.81. The third-order valence-electron chi connectivity index (χ3n) is 2.26. The summed E-state index contributed by atoms with van der Waals surface area (Å²) in [6, 6.07) is 9.05. The van der Waals surface area contributed by atoms with Crippen LogP contribution >= 0.6 is 0 Å². The molecular formula is C13H17NO3. The smallest absolute Gasteiger partial charge is 0.407 e. The minimum absolute atomic E-state index is 0.0238. The molecule has 0 aliphatic heterocycles. The molecular weight excluding hydrogens is 218 g/mol. The number of carbonyl (C=O) groups excluding carboxylic acids is 2. The summed E-state index contributed by atoms with van der Waals surface area (Å²) in [7, 11) is 0. The van der Waals surface area contributed by atoms with Gasteiger partial charge in [-0.3, -0.25) is 4.79 Å². The zero-order chi connectivity index (χ0) is 12.7. The molecule has 17 heavy (non-hydrogen) atoms. The van der Waals surface area contributed by atoms with Gasteiger partial charge in [-0.1, -0.05) is 30.3 Å². The van der Waals surface area contributed by atoms with Gasteiger partial charge < -0.3 is 10.1 Å². The molecule has 1 N–H and O–H groups in total. The minimum Gasteiger partial charge on any atom is -0.450 e. The Bertz CT molecular complexity index is 376. The molecule has 1 amide bonds. The molecule has 4 nitrogen and oxygen atoms in total. The number of benzene rings is 1. The normalized spacial score (nSPS) is 11.6. The Morgan fingerprint density at radius 1 is 1.29 bits per heavy atom. The maximum Gasteiger partial charge on any atom is 0.407 e. The highest BCUT2D eigenvalue weighted by Gasteiger charge is 2.16. The van der Waals surface area contributed by atoms with Gasteiger partial charge in [-0.2, -0.15) is 0 Å². The summed E-state index contributed by atoms with van der Waals surface area (Å²) in [6.45, 7) is 3.55. The zero-order valence-electron chi connectivity index (χ0n) is 10.1. The van der Waals surface area contributed by atoms with E-state index in [4.69, 9.17) is 4.74 Å². The van der Waals surface area contributed by atoms with Gasteiger partial charge in [0, 0.05) is 6.42 Å². The van der Waals surface area contributed by atoms with E-state index in [2.05, 4.69) is 5.32 Å². The van der Waals surface area contributed by atoms with Gasteiger partial charge in [-0.25, -0.2) is 4.79 Å². The predicted molar refractivity (Wildman–Crippen MR) is 64.6 cm³/mol. The van der Waals surface area contributed by atoms with Crippen molar-refractivity contribution in [2.45, 2.75) is 26.3 Å². The van der Waals surface area contributed by atoms with Gasteiger partial charge in [0.25, 0.3) is 0 Å². The Balaban J connectivity index is 2.74. The van der Waals surface area contributed by atoms with Crippen LogP contribution in [-0.4, -0.2) is 18.5 Å². The highest BCUT2D eigenvalue weighted by atomic mass is 16.5. The molecule has 0 bridgehead atoms. The predicted octanol–water partition coefficient (Wildman–Crippen LogP) is 2.45. The van der Waals surface area contributed by atoms with E-state index in [1.807, 2.05) is 30.3 Å². The van der Waals surface area contributed by atoms with Gasteiger partial charge in [0.05, 0.1) is 12.6 Å². The van der Waals surface area contributed by atoms with E-state index >= 15 is 0 Å². The van der Waals surface area contributed by atoms with Gasteiger partial charge in [0.2, 0.25) is 0 Å². The maximum absolute atomic E-state index is 11.4. The van der Waals surface area contributed by atoms with E-state index in [-0.39, 0.29) is 18.2 Å². The van der Waals surface area contributed by atoms with Crippen LogP contribution in [0.4, 0.5) is 4.79 Å². The summed E-state index contributed by atoms with van der Waals surface area (Å²) >= 11 is 0. The Morgan fingerprint density at radius 2 is 1.94 bits per heavy atom. The SMILES string of the molecule is CCOC(=O)NC(CC(C)=O)c1ccccc1. The standard InChI is InChI=1S/C13H17NO3/c1-3-17-13(16)14-12(9-10(2)15)11-7-5-4-6-8-11/h4-8,12H,3,9H2,1-2H3,(H,14,16). The second kappa shape index (κ2) is 6.68. The number of alkyl carbamates (subject to hydrolysis) is 1. The number of amides is 1. The van der Waals surface area contributed by atoms with Crippen molar-refractivity contribution in [2.24, 2.45) is 0 Å². The monoisotopic (exact) mass is 235 g/mol. The molecule has 0 heterocycles. The molecule has 1 aromatic carbocycles. The molecule has 0 saturated carbocycles. The fourth-order valence-corrected chi connectivity index (χ4v) is 1.54. The first-order valence-corrected chi connectivity index (χ1v) is 5.61. The largest absolute Gasteiger partial charge is 0.450 e. The summed E-state index contributed by atoms with van der Waals surface area (Å²) in [5, 5.41) is 2.68. The number of nitrogens with one attached hydrogen (secondary N) is 1. The van der Waals surface area contributed by atoms with Crippen molar-refractivity contribution < 1.29 is 14.3 Å². The molecule has 0 fully saturated rings. The van der Waals surface area contributed by atoms with Crippen molar-refractivity contribution in [1.82, 2.24) is 5.32 Å². The molecule has 1 unspecified atom stereocenters. The van der Waals surface area contributed by atoms with Crippen molar-refractivity contribution in [2.75, 3.05) is 6.61 Å². The van der Waals surface area contributed by atoms with Gasteiger partial charge in [0.15, 0.2) is 0 Å². The van der Waals surface area contributed by atoms with Crippen LogP contribution in [0, 0.1) is 0 Å². The van der Waals surface area contributed by atoms with Crippen LogP contribution in [0.2, 0.25) is 0 Å². The van der Waals surface area contributed by atoms with Crippen LogP contribution < -0.4 is 5.32 Å². The summed E-state index contributed by atoms with van der Waals surface area (Å²) in [6.07, 6.45) is -0.231. The van der Waals surface area contributed by atoms with Crippen molar-refractivity contribution in [3.8, 4) is 0 Å². The molecule has 4 heteroatoms. The number of ketones is 1. The van der Waals surface area contributed by atoms with Gasteiger partial charge in [-0.15, -0.1) is 0 Å². The molecule has 1 atom stereocenters. The van der Waals surface area contributed by atoms with Crippen molar-refractivity contribution >= 4 is 11.9 Å². The van der Waals surface area contributed by atoms with E-state index in [9.17, 15) is 9.59 Å². The van der Waals surface area contributed by atoms with Gasteiger partial charge in [-0.05, 0) is 19.4 Å². The lowest BCUT2D eigenvalue weighted by Gasteiger charge is -2.17. The Labute approximate surface area is 101 Å². The fraction of sp³-hybridized carbons (Fsp3) is 0.385. The third-order valence-corrected chi connectivity index (χ3v) is 2.26.